The summed E-state index contributed by atoms with van der Waals surface area (Å²) < 4.78 is 4.29. The lowest BCUT2D eigenvalue weighted by atomic mass is 10.0. The number of carbonyl (C=O) groups excluding carboxylic acids is 4. The summed E-state index contributed by atoms with van der Waals surface area (Å²) in [6, 6.07) is 26.7. The highest BCUT2D eigenvalue weighted by atomic mass is 32.1. The smallest absolute Gasteiger partial charge is 0.197 e. The Balaban J connectivity index is 1.07. The average molecular weight is 609 g/mol. The van der Waals surface area contributed by atoms with Gasteiger partial charge in [0.1, 0.15) is 0 Å². The predicted molar refractivity (Wildman–Crippen MR) is 176 cm³/mol. The number of fused-ring (bicyclic) bond motifs is 7. The summed E-state index contributed by atoms with van der Waals surface area (Å²) in [7, 11) is 0. The number of hydrogen-bond acceptors (Lipinski definition) is 7. The molecule has 0 aliphatic heterocycles. The lowest BCUT2D eigenvalue weighted by molar-refractivity contribution is 0.0975. The fraction of sp³-hybridized carbons (Fsp3) is 0. The van der Waals surface area contributed by atoms with Gasteiger partial charge in [-0.15, -0.1) is 34.0 Å². The summed E-state index contributed by atoms with van der Waals surface area (Å²) in [6.45, 7) is 0. The molecule has 3 aromatic heterocycles. The molecule has 0 fully saturated rings. The van der Waals surface area contributed by atoms with Crippen LogP contribution >= 0.6 is 34.0 Å². The molecule has 43 heavy (non-hydrogen) atoms. The van der Waals surface area contributed by atoms with E-state index in [4.69, 9.17) is 0 Å². The first-order valence-electron chi connectivity index (χ1n) is 13.6. The molecule has 0 saturated heterocycles. The van der Waals surface area contributed by atoms with Gasteiger partial charge in [0.25, 0.3) is 0 Å². The molecule has 2 aliphatic carbocycles. The second-order valence-corrected chi connectivity index (χ2v) is 14.0. The zero-order valence-corrected chi connectivity index (χ0v) is 24.5. The maximum atomic E-state index is 13.3. The van der Waals surface area contributed by atoms with Gasteiger partial charge in [-0.25, -0.2) is 0 Å². The predicted octanol–water partition coefficient (Wildman–Crippen LogP) is 9.41. The zero-order valence-electron chi connectivity index (χ0n) is 22.1. The maximum Gasteiger partial charge on any atom is 0.197 e. The number of Topliss-reactive ketones (excluding diaryl/α,β-unsaturated/α-hetero) is 4. The topological polar surface area (TPSA) is 68.3 Å². The van der Waals surface area contributed by atoms with Gasteiger partial charge < -0.3 is 0 Å². The van der Waals surface area contributed by atoms with Gasteiger partial charge in [-0.1, -0.05) is 48.5 Å². The van der Waals surface area contributed by atoms with E-state index in [2.05, 4.69) is 0 Å². The van der Waals surface area contributed by atoms with Crippen molar-refractivity contribution in [3.63, 3.8) is 0 Å². The van der Waals surface area contributed by atoms with Crippen molar-refractivity contribution in [2.45, 2.75) is 0 Å². The first kappa shape index (κ1) is 24.7. The van der Waals surface area contributed by atoms with Crippen molar-refractivity contribution in [2.75, 3.05) is 0 Å². The van der Waals surface area contributed by atoms with Crippen LogP contribution in [0.4, 0.5) is 0 Å². The van der Waals surface area contributed by atoms with Crippen LogP contribution in [0.25, 0.3) is 52.5 Å². The molecule has 9 rings (SSSR count). The highest BCUT2D eigenvalue weighted by Crippen LogP contribution is 2.45. The van der Waals surface area contributed by atoms with Crippen LogP contribution < -0.4 is 0 Å². The minimum Gasteiger partial charge on any atom is -0.288 e. The average Bonchev–Trinajstić information content (AvgIpc) is 3.78. The fourth-order valence-corrected chi connectivity index (χ4v) is 10.0. The summed E-state index contributed by atoms with van der Waals surface area (Å²) in [6.07, 6.45) is 3.43. The Hall–Kier alpha value is -4.82. The minimum atomic E-state index is -0.238. The zero-order chi connectivity index (χ0) is 29.0. The number of rotatable bonds is 2. The molecular formula is C36H16O4S3. The van der Waals surface area contributed by atoms with Gasteiger partial charge in [0, 0.05) is 41.4 Å². The molecule has 0 N–H and O–H groups in total. The molecule has 7 heteroatoms. The van der Waals surface area contributed by atoms with Gasteiger partial charge in [0.05, 0.1) is 20.5 Å². The van der Waals surface area contributed by atoms with Crippen LogP contribution in [0, 0.1) is 0 Å². The molecule has 0 spiro atoms. The van der Waals surface area contributed by atoms with Crippen molar-refractivity contribution >= 4 is 110 Å². The van der Waals surface area contributed by atoms with E-state index in [0.717, 1.165) is 50.1 Å². The molecule has 7 aromatic rings. The molecule has 202 valence electrons. The third-order valence-electron chi connectivity index (χ3n) is 8.16. The number of thiophene rings is 3. The van der Waals surface area contributed by atoms with Gasteiger partial charge in [0.2, 0.25) is 0 Å². The molecule has 0 bridgehead atoms. The van der Waals surface area contributed by atoms with Gasteiger partial charge in [-0.2, -0.15) is 0 Å². The van der Waals surface area contributed by atoms with E-state index in [-0.39, 0.29) is 34.3 Å². The lowest BCUT2D eigenvalue weighted by Crippen LogP contribution is -1.99. The normalized spacial score (nSPS) is 14.6. The van der Waals surface area contributed by atoms with E-state index < -0.39 is 0 Å². The number of benzene rings is 4. The Morgan fingerprint density at radius 2 is 0.744 bits per heavy atom. The second kappa shape index (κ2) is 8.84. The van der Waals surface area contributed by atoms with E-state index >= 15 is 0 Å². The van der Waals surface area contributed by atoms with E-state index in [1.54, 1.807) is 23.5 Å². The fourth-order valence-electron chi connectivity index (χ4n) is 6.08. The molecule has 2 aliphatic rings. The number of ketones is 4. The van der Waals surface area contributed by atoms with Crippen molar-refractivity contribution in [3.05, 3.63) is 128 Å². The van der Waals surface area contributed by atoms with E-state index in [9.17, 15) is 19.2 Å². The van der Waals surface area contributed by atoms with E-state index in [1.165, 1.54) is 22.7 Å². The number of hydrogen-bond donors (Lipinski definition) is 0. The van der Waals surface area contributed by atoms with Crippen LogP contribution in [-0.4, -0.2) is 23.1 Å². The Morgan fingerprint density at radius 3 is 1.07 bits per heavy atom. The first-order chi connectivity index (χ1) is 20.9. The summed E-state index contributed by atoms with van der Waals surface area (Å²) >= 11 is 4.70. The van der Waals surface area contributed by atoms with E-state index in [0.29, 0.717) is 22.3 Å². The Morgan fingerprint density at radius 1 is 0.419 bits per heavy atom. The molecule has 0 atom stereocenters. The Kier molecular flexibility index (Phi) is 5.09. The summed E-state index contributed by atoms with van der Waals surface area (Å²) in [5.74, 6) is -0.954. The SMILES string of the molecule is O=C1C(=Cc2cc3sc4cc(C=C5C(=O)c6cc7ccccc7cc6C5=O)sc4c3s2)C(=O)c2cc3ccccc3cc21. The van der Waals surface area contributed by atoms with Gasteiger partial charge in [-0.3, -0.25) is 19.2 Å². The largest absolute Gasteiger partial charge is 0.288 e. The van der Waals surface area contributed by atoms with Crippen LogP contribution in [-0.2, 0) is 0 Å². The molecule has 0 saturated carbocycles. The van der Waals surface area contributed by atoms with Gasteiger partial charge in [0.15, 0.2) is 23.1 Å². The third kappa shape index (κ3) is 3.59. The highest BCUT2D eigenvalue weighted by Gasteiger charge is 2.35. The third-order valence-corrected chi connectivity index (χ3v) is 11.8. The van der Waals surface area contributed by atoms with Crippen LogP contribution in [0.1, 0.15) is 51.2 Å². The van der Waals surface area contributed by atoms with Crippen molar-refractivity contribution < 1.29 is 19.2 Å². The van der Waals surface area contributed by atoms with Crippen LogP contribution in [0.2, 0.25) is 0 Å². The van der Waals surface area contributed by atoms with Crippen molar-refractivity contribution in [1.29, 1.82) is 0 Å². The van der Waals surface area contributed by atoms with Crippen LogP contribution in [0.15, 0.2) is 96.1 Å². The van der Waals surface area contributed by atoms with Crippen LogP contribution in [0.5, 0.6) is 0 Å². The van der Waals surface area contributed by atoms with E-state index in [1.807, 2.05) is 84.9 Å². The van der Waals surface area contributed by atoms with Crippen molar-refractivity contribution in [2.24, 2.45) is 0 Å². The molecule has 4 nitrogen and oxygen atoms in total. The second-order valence-electron chi connectivity index (χ2n) is 10.7. The van der Waals surface area contributed by atoms with Gasteiger partial charge in [-0.05, 0) is 70.1 Å². The summed E-state index contributed by atoms with van der Waals surface area (Å²) in [5.41, 5.74) is 2.21. The molecule has 0 unspecified atom stereocenters. The number of carbonyl (C=O) groups is 4. The monoisotopic (exact) mass is 608 g/mol. The molecule has 0 amide bonds. The lowest BCUT2D eigenvalue weighted by Gasteiger charge is -2.00. The van der Waals surface area contributed by atoms with Crippen molar-refractivity contribution in [1.82, 2.24) is 0 Å². The molecule has 3 heterocycles. The summed E-state index contributed by atoms with van der Waals surface area (Å²) in [5, 5.41) is 3.74. The molecule has 4 aromatic carbocycles. The highest BCUT2D eigenvalue weighted by molar-refractivity contribution is 7.38. The van der Waals surface area contributed by atoms with Crippen LogP contribution in [0.3, 0.4) is 0 Å². The maximum absolute atomic E-state index is 13.3. The molecular weight excluding hydrogens is 593 g/mol. The molecule has 0 radical (unpaired) electrons. The standard InChI is InChI=1S/C36H16O4S3/c37-31-23-9-17-5-1-2-6-18(17)10-24(23)32(38)27(31)13-21-15-29-35(41-21)36-30(43-29)16-22(42-36)14-28-33(39)25-11-19-7-3-4-8-20(19)12-26(25)34(28)40/h1-16H. The Bertz CT molecular complexity index is 2240. The van der Waals surface area contributed by atoms with Gasteiger partial charge >= 0.3 is 0 Å². The Labute approximate surface area is 255 Å². The number of allylic oxidation sites excluding steroid dienone is 2. The summed E-state index contributed by atoms with van der Waals surface area (Å²) in [4.78, 5) is 54.7. The first-order valence-corrected chi connectivity index (χ1v) is 16.0. The minimum absolute atomic E-state index is 0.192. The van der Waals surface area contributed by atoms with Crippen molar-refractivity contribution in [3.8, 4) is 0 Å². The quantitative estimate of drug-likeness (QED) is 0.145.